The fourth-order valence-corrected chi connectivity index (χ4v) is 3.04. The number of aromatic amines is 2. The summed E-state index contributed by atoms with van der Waals surface area (Å²) in [6.07, 6.45) is 5.67. The monoisotopic (exact) mass is 352 g/mol. The van der Waals surface area contributed by atoms with E-state index in [0.717, 1.165) is 34.1 Å². The molecule has 0 saturated carbocycles. The molecule has 3 N–H and O–H groups in total. The molecule has 1 amide bonds. The highest BCUT2D eigenvalue weighted by atomic mass is 16.5. The van der Waals surface area contributed by atoms with Gasteiger partial charge in [-0.2, -0.15) is 0 Å². The number of aromatic nitrogens is 2. The van der Waals surface area contributed by atoms with Gasteiger partial charge >= 0.3 is 0 Å². The molecular weight excluding hydrogens is 328 g/mol. The fourth-order valence-electron chi connectivity index (χ4n) is 3.04. The maximum absolute atomic E-state index is 12.5. The van der Waals surface area contributed by atoms with Crippen LogP contribution in [-0.4, -0.2) is 34.7 Å². The van der Waals surface area contributed by atoms with E-state index >= 15 is 0 Å². The molecule has 2 aromatic heterocycles. The summed E-state index contributed by atoms with van der Waals surface area (Å²) in [4.78, 5) is 23.6. The van der Waals surface area contributed by atoms with E-state index in [9.17, 15) is 4.79 Å². The lowest BCUT2D eigenvalue weighted by Gasteiger charge is -2.08. The number of carbonyl (C=O) groups excluding carboxylic acids is 1. The van der Waals surface area contributed by atoms with Gasteiger partial charge in [-0.3, -0.25) is 4.79 Å². The van der Waals surface area contributed by atoms with Crippen LogP contribution in [0.5, 0.6) is 0 Å². The number of rotatable bonds is 5. The Morgan fingerprint density at radius 3 is 2.73 bits per heavy atom. The number of allylic oxidation sites excluding steroid dienone is 1. The first-order valence-corrected chi connectivity index (χ1v) is 8.61. The third kappa shape index (κ3) is 3.35. The van der Waals surface area contributed by atoms with Crippen molar-refractivity contribution < 1.29 is 9.53 Å². The van der Waals surface area contributed by atoms with Gasteiger partial charge < -0.3 is 20.0 Å². The standard InChI is InChI=1S/C20H24N4O2/c1-11(2)22-20(25)19-12(3)15(23-13(19)4)9-17-18(26-5)10-16(24-17)14-7-6-8-21-14/h6-11,21,23H,1-5H3,(H,22,25)/b17-9-. The number of H-pyrrole nitrogens is 2. The van der Waals surface area contributed by atoms with Crippen molar-refractivity contribution >= 4 is 17.7 Å². The molecule has 6 heteroatoms. The molecule has 0 bridgehead atoms. The summed E-state index contributed by atoms with van der Waals surface area (Å²) in [5.74, 6) is 0.620. The SMILES string of the molecule is COC1=CC(c2ccc[nH]2)=N/C1=C\c1[nH]c(C)c(C(=O)NC(C)C)c1C. The van der Waals surface area contributed by atoms with Crippen molar-refractivity contribution in [2.24, 2.45) is 4.99 Å². The molecule has 26 heavy (non-hydrogen) atoms. The number of carbonyl (C=O) groups is 1. The maximum Gasteiger partial charge on any atom is 0.253 e. The summed E-state index contributed by atoms with van der Waals surface area (Å²) in [5.41, 5.74) is 5.73. The summed E-state index contributed by atoms with van der Waals surface area (Å²) < 4.78 is 5.47. The van der Waals surface area contributed by atoms with Crippen LogP contribution in [0, 0.1) is 13.8 Å². The van der Waals surface area contributed by atoms with Crippen molar-refractivity contribution in [3.05, 3.63) is 64.1 Å². The zero-order valence-corrected chi connectivity index (χ0v) is 15.7. The number of aliphatic imine (C=N–C) groups is 1. The second kappa shape index (κ2) is 7.07. The second-order valence-corrected chi connectivity index (χ2v) is 6.61. The number of hydrogen-bond acceptors (Lipinski definition) is 3. The lowest BCUT2D eigenvalue weighted by atomic mass is 10.1. The minimum atomic E-state index is -0.0691. The molecule has 0 aromatic carbocycles. The van der Waals surface area contributed by atoms with E-state index in [1.165, 1.54) is 0 Å². The number of nitrogens with one attached hydrogen (secondary N) is 3. The molecule has 0 atom stereocenters. The van der Waals surface area contributed by atoms with Gasteiger partial charge in [-0.25, -0.2) is 4.99 Å². The predicted octanol–water partition coefficient (Wildman–Crippen LogP) is 3.47. The van der Waals surface area contributed by atoms with Gasteiger partial charge in [0.2, 0.25) is 0 Å². The van der Waals surface area contributed by atoms with Crippen LogP contribution in [0.25, 0.3) is 6.08 Å². The first-order chi connectivity index (χ1) is 12.4. The maximum atomic E-state index is 12.5. The molecular formula is C20H24N4O2. The molecule has 6 nitrogen and oxygen atoms in total. The van der Waals surface area contributed by atoms with Crippen LogP contribution in [0.1, 0.15) is 46.9 Å². The lowest BCUT2D eigenvalue weighted by molar-refractivity contribution is 0.0942. The Balaban J connectivity index is 1.97. The van der Waals surface area contributed by atoms with Gasteiger partial charge in [0.15, 0.2) is 0 Å². The predicted molar refractivity (Wildman–Crippen MR) is 103 cm³/mol. The Morgan fingerprint density at radius 1 is 1.35 bits per heavy atom. The minimum absolute atomic E-state index is 0.0691. The highest BCUT2D eigenvalue weighted by Crippen LogP contribution is 2.27. The average Bonchev–Trinajstić information content (AvgIpc) is 3.27. The summed E-state index contributed by atoms with van der Waals surface area (Å²) >= 11 is 0. The first-order valence-electron chi connectivity index (χ1n) is 8.61. The largest absolute Gasteiger partial charge is 0.494 e. The van der Waals surface area contributed by atoms with Gasteiger partial charge in [0, 0.05) is 29.7 Å². The molecule has 0 spiro atoms. The smallest absolute Gasteiger partial charge is 0.253 e. The molecule has 2 aromatic rings. The van der Waals surface area contributed by atoms with Crippen LogP contribution in [0.4, 0.5) is 0 Å². The van der Waals surface area contributed by atoms with E-state index in [0.29, 0.717) is 11.3 Å². The van der Waals surface area contributed by atoms with Crippen LogP contribution in [0.3, 0.4) is 0 Å². The molecule has 1 aliphatic heterocycles. The second-order valence-electron chi connectivity index (χ2n) is 6.61. The Kier molecular flexibility index (Phi) is 4.84. The molecule has 3 heterocycles. The Hall–Kier alpha value is -3.02. The van der Waals surface area contributed by atoms with Crippen molar-refractivity contribution in [3.63, 3.8) is 0 Å². The van der Waals surface area contributed by atoms with Gasteiger partial charge in [0.25, 0.3) is 5.91 Å². The molecule has 0 saturated heterocycles. The highest BCUT2D eigenvalue weighted by molar-refractivity contribution is 6.11. The van der Waals surface area contributed by atoms with Crippen LogP contribution in [-0.2, 0) is 4.74 Å². The van der Waals surface area contributed by atoms with Crippen molar-refractivity contribution in [1.82, 2.24) is 15.3 Å². The van der Waals surface area contributed by atoms with E-state index in [1.54, 1.807) is 7.11 Å². The molecule has 1 aliphatic rings. The van der Waals surface area contributed by atoms with E-state index < -0.39 is 0 Å². The van der Waals surface area contributed by atoms with E-state index in [2.05, 4.69) is 20.3 Å². The number of methoxy groups -OCH3 is 1. The Labute approximate surface area is 153 Å². The van der Waals surface area contributed by atoms with Crippen LogP contribution < -0.4 is 5.32 Å². The molecule has 0 radical (unpaired) electrons. The fraction of sp³-hybridized carbons (Fsp3) is 0.300. The Bertz CT molecular complexity index is 912. The third-order valence-corrected chi connectivity index (χ3v) is 4.26. The summed E-state index contributed by atoms with van der Waals surface area (Å²) in [6.45, 7) is 7.73. The van der Waals surface area contributed by atoms with E-state index in [-0.39, 0.29) is 11.9 Å². The highest BCUT2D eigenvalue weighted by Gasteiger charge is 2.21. The van der Waals surface area contributed by atoms with Crippen molar-refractivity contribution in [2.45, 2.75) is 33.7 Å². The van der Waals surface area contributed by atoms with Gasteiger partial charge in [0.1, 0.15) is 11.5 Å². The topological polar surface area (TPSA) is 82.3 Å². The minimum Gasteiger partial charge on any atom is -0.494 e. The molecule has 136 valence electrons. The molecule has 3 rings (SSSR count). The zero-order valence-electron chi connectivity index (χ0n) is 15.7. The molecule has 0 unspecified atom stereocenters. The lowest BCUT2D eigenvalue weighted by Crippen LogP contribution is -2.30. The number of nitrogens with zero attached hydrogens (tertiary/aromatic N) is 1. The van der Waals surface area contributed by atoms with Crippen molar-refractivity contribution in [2.75, 3.05) is 7.11 Å². The summed E-state index contributed by atoms with van der Waals surface area (Å²) in [7, 11) is 1.63. The van der Waals surface area contributed by atoms with Crippen molar-refractivity contribution in [1.29, 1.82) is 0 Å². The van der Waals surface area contributed by atoms with E-state index in [4.69, 9.17) is 4.74 Å². The zero-order chi connectivity index (χ0) is 18.8. The van der Waals surface area contributed by atoms with E-state index in [1.807, 2.05) is 58.2 Å². The van der Waals surface area contributed by atoms with Gasteiger partial charge in [-0.15, -0.1) is 0 Å². The summed E-state index contributed by atoms with van der Waals surface area (Å²) in [6, 6.07) is 3.98. The number of hydrogen-bond donors (Lipinski definition) is 3. The molecule has 0 fully saturated rings. The average molecular weight is 352 g/mol. The van der Waals surface area contributed by atoms with Gasteiger partial charge in [-0.1, -0.05) is 0 Å². The number of ether oxygens (including phenoxy) is 1. The quantitative estimate of drug-likeness (QED) is 0.770. The summed E-state index contributed by atoms with van der Waals surface area (Å²) in [5, 5.41) is 2.95. The van der Waals surface area contributed by atoms with Crippen LogP contribution in [0.2, 0.25) is 0 Å². The van der Waals surface area contributed by atoms with Gasteiger partial charge in [0.05, 0.1) is 24.1 Å². The van der Waals surface area contributed by atoms with Crippen LogP contribution >= 0.6 is 0 Å². The van der Waals surface area contributed by atoms with Crippen molar-refractivity contribution in [3.8, 4) is 0 Å². The first kappa shape index (κ1) is 17.8. The molecule has 0 aliphatic carbocycles. The van der Waals surface area contributed by atoms with Gasteiger partial charge in [-0.05, 0) is 51.5 Å². The normalized spacial score (nSPS) is 15.4. The third-order valence-electron chi connectivity index (χ3n) is 4.26. The number of amides is 1. The number of aryl methyl sites for hydroxylation is 1. The van der Waals surface area contributed by atoms with Crippen LogP contribution in [0.15, 0.2) is 40.9 Å². The Morgan fingerprint density at radius 2 is 2.12 bits per heavy atom.